The molecule has 1 unspecified atom stereocenters. The largest absolute Gasteiger partial charge is 0.481 e. The second-order valence-electron chi connectivity index (χ2n) is 5.30. The van der Waals surface area contributed by atoms with Gasteiger partial charge in [0.15, 0.2) is 0 Å². The standard InChI is InChI=1S/C15H18F2N2O3/c1-9-12-7-10(16)8-13(17)11(12)4-6-19(9)15(22)18-5-2-3-14(20)21/h7-9H,2-6H2,1H3,(H,18,22)(H,20,21). The highest BCUT2D eigenvalue weighted by atomic mass is 19.1. The number of carbonyl (C=O) groups excluding carboxylic acids is 1. The number of hydrogen-bond donors (Lipinski definition) is 2. The monoisotopic (exact) mass is 312 g/mol. The summed E-state index contributed by atoms with van der Waals surface area (Å²) in [6.45, 7) is 2.30. The first-order chi connectivity index (χ1) is 10.4. The lowest BCUT2D eigenvalue weighted by Gasteiger charge is -2.35. The van der Waals surface area contributed by atoms with Crippen LogP contribution in [-0.2, 0) is 11.2 Å². The zero-order chi connectivity index (χ0) is 16.3. The molecule has 1 aliphatic rings. The van der Waals surface area contributed by atoms with E-state index in [0.717, 1.165) is 6.07 Å². The Morgan fingerprint density at radius 3 is 2.82 bits per heavy atom. The molecule has 1 aromatic rings. The van der Waals surface area contributed by atoms with Crippen LogP contribution in [0.4, 0.5) is 13.6 Å². The number of aliphatic carboxylic acids is 1. The third-order valence-electron chi connectivity index (χ3n) is 3.82. The average Bonchev–Trinajstić information content (AvgIpc) is 2.44. The maximum atomic E-state index is 13.7. The number of urea groups is 1. The summed E-state index contributed by atoms with van der Waals surface area (Å²) in [5.74, 6) is -2.16. The molecule has 1 atom stereocenters. The molecular weight excluding hydrogens is 294 g/mol. The minimum atomic E-state index is -0.916. The van der Waals surface area contributed by atoms with Gasteiger partial charge in [0.2, 0.25) is 0 Å². The molecule has 120 valence electrons. The molecule has 5 nitrogen and oxygen atoms in total. The van der Waals surface area contributed by atoms with Gasteiger partial charge in [-0.3, -0.25) is 4.79 Å². The maximum absolute atomic E-state index is 13.7. The summed E-state index contributed by atoms with van der Waals surface area (Å²) in [5, 5.41) is 11.2. The van der Waals surface area contributed by atoms with Crippen LogP contribution in [0.5, 0.6) is 0 Å². The molecule has 0 aromatic heterocycles. The van der Waals surface area contributed by atoms with E-state index in [-0.39, 0.29) is 19.0 Å². The van der Waals surface area contributed by atoms with Gasteiger partial charge in [-0.25, -0.2) is 13.6 Å². The second kappa shape index (κ2) is 6.72. The number of halogens is 2. The van der Waals surface area contributed by atoms with Gasteiger partial charge in [0.05, 0.1) is 6.04 Å². The van der Waals surface area contributed by atoms with Gasteiger partial charge in [-0.15, -0.1) is 0 Å². The maximum Gasteiger partial charge on any atom is 0.317 e. The molecule has 0 fully saturated rings. The van der Waals surface area contributed by atoms with Crippen molar-refractivity contribution >= 4 is 12.0 Å². The van der Waals surface area contributed by atoms with Gasteiger partial charge in [0, 0.05) is 25.6 Å². The molecule has 0 saturated carbocycles. The molecule has 2 rings (SSSR count). The number of carboxylic acids is 1. The smallest absolute Gasteiger partial charge is 0.317 e. The van der Waals surface area contributed by atoms with Crippen molar-refractivity contribution in [3.8, 4) is 0 Å². The van der Waals surface area contributed by atoms with Gasteiger partial charge in [-0.1, -0.05) is 0 Å². The van der Waals surface area contributed by atoms with Crippen LogP contribution in [0.15, 0.2) is 12.1 Å². The highest BCUT2D eigenvalue weighted by Crippen LogP contribution is 2.31. The van der Waals surface area contributed by atoms with Crippen LogP contribution in [-0.4, -0.2) is 35.1 Å². The Bertz CT molecular complexity index is 592. The number of rotatable bonds is 4. The Morgan fingerprint density at radius 2 is 2.14 bits per heavy atom. The van der Waals surface area contributed by atoms with E-state index in [2.05, 4.69) is 5.32 Å². The molecule has 0 radical (unpaired) electrons. The molecule has 0 bridgehead atoms. The van der Waals surface area contributed by atoms with Crippen molar-refractivity contribution in [1.29, 1.82) is 0 Å². The molecule has 1 aromatic carbocycles. The first-order valence-electron chi connectivity index (χ1n) is 7.14. The first-order valence-corrected chi connectivity index (χ1v) is 7.14. The summed E-state index contributed by atoms with van der Waals surface area (Å²) in [6.07, 6.45) is 0.645. The summed E-state index contributed by atoms with van der Waals surface area (Å²) in [6, 6.07) is 1.32. The van der Waals surface area contributed by atoms with Crippen molar-refractivity contribution in [2.45, 2.75) is 32.2 Å². The third-order valence-corrected chi connectivity index (χ3v) is 3.82. The number of fused-ring (bicyclic) bond motifs is 1. The lowest BCUT2D eigenvalue weighted by molar-refractivity contribution is -0.137. The highest BCUT2D eigenvalue weighted by Gasteiger charge is 2.29. The van der Waals surface area contributed by atoms with Crippen molar-refractivity contribution in [3.05, 3.63) is 34.9 Å². The molecule has 2 amide bonds. The number of nitrogens with one attached hydrogen (secondary N) is 1. The van der Waals surface area contributed by atoms with E-state index in [1.165, 1.54) is 11.0 Å². The van der Waals surface area contributed by atoms with Gasteiger partial charge < -0.3 is 15.3 Å². The molecule has 22 heavy (non-hydrogen) atoms. The van der Waals surface area contributed by atoms with E-state index in [1.807, 2.05) is 0 Å². The van der Waals surface area contributed by atoms with Gasteiger partial charge in [-0.05, 0) is 37.0 Å². The lowest BCUT2D eigenvalue weighted by Crippen LogP contribution is -2.45. The summed E-state index contributed by atoms with van der Waals surface area (Å²) in [7, 11) is 0. The fourth-order valence-corrected chi connectivity index (χ4v) is 2.67. The average molecular weight is 312 g/mol. The second-order valence-corrected chi connectivity index (χ2v) is 5.30. The number of hydrogen-bond acceptors (Lipinski definition) is 2. The SMILES string of the molecule is CC1c2cc(F)cc(F)c2CCN1C(=O)NCCCC(=O)O. The Kier molecular flexibility index (Phi) is 4.95. The number of nitrogens with zero attached hydrogens (tertiary/aromatic N) is 1. The van der Waals surface area contributed by atoms with E-state index in [9.17, 15) is 18.4 Å². The third kappa shape index (κ3) is 3.52. The minimum Gasteiger partial charge on any atom is -0.481 e. The molecule has 7 heteroatoms. The minimum absolute atomic E-state index is 0.0188. The fraction of sp³-hybridized carbons (Fsp3) is 0.467. The Morgan fingerprint density at radius 1 is 1.41 bits per heavy atom. The van der Waals surface area contributed by atoms with Crippen LogP contribution in [0.25, 0.3) is 0 Å². The van der Waals surface area contributed by atoms with Crippen LogP contribution in [0, 0.1) is 11.6 Å². The first kappa shape index (κ1) is 16.2. The normalized spacial score (nSPS) is 17.0. The van der Waals surface area contributed by atoms with E-state index in [4.69, 9.17) is 5.11 Å². The Balaban J connectivity index is 2.02. The predicted molar refractivity (Wildman–Crippen MR) is 75.5 cm³/mol. The van der Waals surface area contributed by atoms with E-state index in [1.54, 1.807) is 6.92 Å². The molecule has 1 aliphatic heterocycles. The van der Waals surface area contributed by atoms with Gasteiger partial charge >= 0.3 is 12.0 Å². The van der Waals surface area contributed by atoms with Crippen molar-refractivity contribution in [2.24, 2.45) is 0 Å². The number of carboxylic acid groups (broad SMARTS) is 1. The zero-order valence-electron chi connectivity index (χ0n) is 12.2. The number of benzene rings is 1. The van der Waals surface area contributed by atoms with Crippen LogP contribution < -0.4 is 5.32 Å². The number of carbonyl (C=O) groups is 2. The zero-order valence-corrected chi connectivity index (χ0v) is 12.2. The van der Waals surface area contributed by atoms with E-state index < -0.39 is 23.6 Å². The topological polar surface area (TPSA) is 69.6 Å². The molecule has 1 heterocycles. The van der Waals surface area contributed by atoms with Crippen LogP contribution in [0.3, 0.4) is 0 Å². The van der Waals surface area contributed by atoms with E-state index in [0.29, 0.717) is 30.5 Å². The quantitative estimate of drug-likeness (QED) is 0.839. The Hall–Kier alpha value is -2.18. The summed E-state index contributed by atoms with van der Waals surface area (Å²) in [5.41, 5.74) is 0.924. The van der Waals surface area contributed by atoms with E-state index >= 15 is 0 Å². The van der Waals surface area contributed by atoms with Crippen molar-refractivity contribution in [2.75, 3.05) is 13.1 Å². The van der Waals surface area contributed by atoms with Crippen LogP contribution in [0.1, 0.15) is 36.9 Å². The number of amides is 2. The van der Waals surface area contributed by atoms with Gasteiger partial charge in [0.1, 0.15) is 11.6 Å². The molecule has 0 saturated heterocycles. The van der Waals surface area contributed by atoms with Crippen LogP contribution >= 0.6 is 0 Å². The van der Waals surface area contributed by atoms with Gasteiger partial charge in [0.25, 0.3) is 0 Å². The fourth-order valence-electron chi connectivity index (χ4n) is 2.67. The van der Waals surface area contributed by atoms with Crippen molar-refractivity contribution in [3.63, 3.8) is 0 Å². The van der Waals surface area contributed by atoms with Crippen LogP contribution in [0.2, 0.25) is 0 Å². The molecule has 0 spiro atoms. The Labute approximate surface area is 126 Å². The molecular formula is C15H18F2N2O3. The van der Waals surface area contributed by atoms with Crippen molar-refractivity contribution in [1.82, 2.24) is 10.2 Å². The van der Waals surface area contributed by atoms with Gasteiger partial charge in [-0.2, -0.15) is 0 Å². The van der Waals surface area contributed by atoms with Crippen molar-refractivity contribution < 1.29 is 23.5 Å². The lowest BCUT2D eigenvalue weighted by atomic mass is 9.93. The summed E-state index contributed by atoms with van der Waals surface area (Å²) >= 11 is 0. The highest BCUT2D eigenvalue weighted by molar-refractivity contribution is 5.75. The predicted octanol–water partition coefficient (Wildman–Crippen LogP) is 2.46. The summed E-state index contributed by atoms with van der Waals surface area (Å²) < 4.78 is 27.1. The summed E-state index contributed by atoms with van der Waals surface area (Å²) in [4.78, 5) is 24.0. The molecule has 2 N–H and O–H groups in total. The molecule has 0 aliphatic carbocycles.